The lowest BCUT2D eigenvalue weighted by atomic mass is 10.2. The van der Waals surface area contributed by atoms with Gasteiger partial charge in [0, 0.05) is 17.0 Å². The van der Waals surface area contributed by atoms with Gasteiger partial charge in [0.05, 0.1) is 41.7 Å². The summed E-state index contributed by atoms with van der Waals surface area (Å²) in [6.07, 6.45) is 1.56. The monoisotopic (exact) mass is 360 g/mol. The number of pyridine rings is 1. The molecule has 130 valence electrons. The Morgan fingerprint density at radius 1 is 1.40 bits per heavy atom. The highest BCUT2D eigenvalue weighted by Crippen LogP contribution is 2.32. The highest BCUT2D eigenvalue weighted by Gasteiger charge is 2.23. The fourth-order valence-corrected chi connectivity index (χ4v) is 3.59. The number of hydrogen-bond acceptors (Lipinski definition) is 9. The van der Waals surface area contributed by atoms with Crippen molar-refractivity contribution < 1.29 is 19.2 Å². The molecule has 0 amide bonds. The zero-order valence-electron chi connectivity index (χ0n) is 13.5. The van der Waals surface area contributed by atoms with Gasteiger partial charge >= 0.3 is 5.88 Å². The van der Waals surface area contributed by atoms with Gasteiger partial charge in [-0.25, -0.2) is 9.98 Å². The summed E-state index contributed by atoms with van der Waals surface area (Å²) in [7, 11) is 0. The van der Waals surface area contributed by atoms with Gasteiger partial charge in [0.2, 0.25) is 5.27 Å². The number of aromatic nitrogens is 3. The first-order valence-electron chi connectivity index (χ1n) is 7.75. The van der Waals surface area contributed by atoms with Gasteiger partial charge in [-0.05, 0) is 19.1 Å². The summed E-state index contributed by atoms with van der Waals surface area (Å²) in [4.78, 5) is 11.0. The Morgan fingerprint density at radius 2 is 2.20 bits per heavy atom. The Morgan fingerprint density at radius 3 is 3.00 bits per heavy atom. The summed E-state index contributed by atoms with van der Waals surface area (Å²) < 4.78 is 10.4. The summed E-state index contributed by atoms with van der Waals surface area (Å²) in [5.74, 6) is -0.346. The number of thiophene rings is 1. The van der Waals surface area contributed by atoms with E-state index in [0.29, 0.717) is 36.9 Å². The summed E-state index contributed by atoms with van der Waals surface area (Å²) in [5, 5.41) is 19.1. The molecule has 3 aromatic rings. The number of nitrogens with two attached hydrogens (primary N) is 1. The van der Waals surface area contributed by atoms with Gasteiger partial charge in [0.15, 0.2) is 0 Å². The second-order valence-corrected chi connectivity index (χ2v) is 6.59. The number of nitrogens with zero attached hydrogens (tertiary/aromatic N) is 5. The number of aryl methyl sites for hydroxylation is 1. The van der Waals surface area contributed by atoms with E-state index in [4.69, 9.17) is 15.0 Å². The van der Waals surface area contributed by atoms with Crippen molar-refractivity contribution in [2.75, 3.05) is 37.0 Å². The average Bonchev–Trinajstić information content (AvgIpc) is 3.20. The smallest absolute Gasteiger partial charge is 0.324 e. The van der Waals surface area contributed by atoms with Crippen LogP contribution >= 0.6 is 11.3 Å². The largest absolute Gasteiger partial charge is 0.857 e. The highest BCUT2D eigenvalue weighted by molar-refractivity contribution is 7.21. The van der Waals surface area contributed by atoms with Crippen LogP contribution in [0.4, 0.5) is 11.6 Å². The molecule has 4 rings (SSSR count). The van der Waals surface area contributed by atoms with Crippen LogP contribution in [0, 0.1) is 6.92 Å². The third-order valence-electron chi connectivity index (χ3n) is 3.86. The minimum absolute atomic E-state index is 0.123. The van der Waals surface area contributed by atoms with E-state index in [1.165, 1.54) is 16.1 Å². The van der Waals surface area contributed by atoms with E-state index in [9.17, 15) is 5.11 Å². The first-order chi connectivity index (χ1) is 12.1. The molecule has 1 saturated heterocycles. The third kappa shape index (κ3) is 3.01. The molecular formula is C15H16N6O3S. The molecule has 25 heavy (non-hydrogen) atoms. The van der Waals surface area contributed by atoms with Crippen molar-refractivity contribution in [2.24, 2.45) is 4.99 Å². The van der Waals surface area contributed by atoms with Gasteiger partial charge in [-0.2, -0.15) is 0 Å². The second kappa shape index (κ2) is 6.30. The first-order valence-corrected chi connectivity index (χ1v) is 8.57. The number of aliphatic imine (C=N–C) groups is 1. The van der Waals surface area contributed by atoms with Crippen LogP contribution in [0.2, 0.25) is 0 Å². The van der Waals surface area contributed by atoms with Crippen LogP contribution in [0.5, 0.6) is 0 Å². The molecule has 3 aromatic heterocycles. The van der Waals surface area contributed by atoms with Gasteiger partial charge in [-0.1, -0.05) is 0 Å². The number of hydrogen-bond donors (Lipinski definition) is 1. The molecule has 0 aromatic carbocycles. The first kappa shape index (κ1) is 15.8. The Labute approximate surface area is 146 Å². The fourth-order valence-electron chi connectivity index (χ4n) is 2.57. The molecule has 4 heterocycles. The Kier molecular flexibility index (Phi) is 3.98. The molecule has 2 N–H and O–H groups in total. The lowest BCUT2D eigenvalue weighted by Gasteiger charge is -2.18. The van der Waals surface area contributed by atoms with Gasteiger partial charge in [-0.15, -0.1) is 16.3 Å². The number of morpholine rings is 1. The summed E-state index contributed by atoms with van der Waals surface area (Å²) in [6.45, 7) is 4.52. The van der Waals surface area contributed by atoms with Crippen LogP contribution in [0.3, 0.4) is 0 Å². The predicted molar refractivity (Wildman–Crippen MR) is 90.4 cm³/mol. The van der Waals surface area contributed by atoms with Crippen LogP contribution in [0.1, 0.15) is 10.6 Å². The van der Waals surface area contributed by atoms with E-state index in [1.807, 2.05) is 24.1 Å². The van der Waals surface area contributed by atoms with Crippen molar-refractivity contribution in [1.29, 1.82) is 0 Å². The third-order valence-corrected chi connectivity index (χ3v) is 4.96. The van der Waals surface area contributed by atoms with Gasteiger partial charge in [-0.3, -0.25) is 4.52 Å². The molecule has 0 atom stereocenters. The van der Waals surface area contributed by atoms with Gasteiger partial charge in [0.25, 0.3) is 6.20 Å². The van der Waals surface area contributed by atoms with Gasteiger partial charge < -0.3 is 15.6 Å². The highest BCUT2D eigenvalue weighted by atomic mass is 32.1. The van der Waals surface area contributed by atoms with E-state index in [0.717, 1.165) is 15.9 Å². The van der Waals surface area contributed by atoms with Crippen LogP contribution in [-0.2, 0) is 4.74 Å². The zero-order valence-corrected chi connectivity index (χ0v) is 14.3. The normalized spacial score (nSPS) is 15.9. The van der Waals surface area contributed by atoms with E-state index in [-0.39, 0.29) is 5.88 Å². The number of anilines is 1. The maximum Gasteiger partial charge on any atom is 0.324 e. The standard InChI is InChI=1S/C15H16N6O3S/c1-9-2-3-10-12(16)13(25-15(10)17-9)14(22)18-11-8-21(19-24-11)20-4-6-23-7-5-20/h2-3,8H,4-7H2,1H3,(H2-,16,18,19,22). The maximum absolute atomic E-state index is 12.5. The van der Waals surface area contributed by atoms with Crippen molar-refractivity contribution in [2.45, 2.75) is 6.92 Å². The minimum atomic E-state index is -0.469. The van der Waals surface area contributed by atoms with E-state index < -0.39 is 5.90 Å². The minimum Gasteiger partial charge on any atom is -0.857 e. The average molecular weight is 360 g/mol. The molecular weight excluding hydrogens is 344 g/mol. The van der Waals surface area contributed by atoms with E-state index in [1.54, 1.807) is 6.20 Å². The molecule has 10 heteroatoms. The molecule has 1 fully saturated rings. The molecule has 0 bridgehead atoms. The Bertz CT molecular complexity index is 944. The fraction of sp³-hybridized carbons (Fsp3) is 0.333. The summed E-state index contributed by atoms with van der Waals surface area (Å²) in [6, 6.07) is 3.72. The predicted octanol–water partition coefficient (Wildman–Crippen LogP) is -0.131. The topological polar surface area (TPSA) is 117 Å². The summed E-state index contributed by atoms with van der Waals surface area (Å²) in [5.41, 5.74) is 7.34. The summed E-state index contributed by atoms with van der Waals surface area (Å²) >= 11 is 1.23. The van der Waals surface area contributed by atoms with Crippen LogP contribution in [0.15, 0.2) is 27.8 Å². The number of fused-ring (bicyclic) bond motifs is 1. The lowest BCUT2D eigenvalue weighted by Crippen LogP contribution is -2.62. The quantitative estimate of drug-likeness (QED) is 0.393. The molecule has 0 unspecified atom stereocenters. The van der Waals surface area contributed by atoms with Crippen LogP contribution in [-0.4, -0.2) is 42.5 Å². The number of nitrogen functional groups attached to an aromatic ring is 1. The number of rotatable bonds is 3. The molecule has 9 nitrogen and oxygen atoms in total. The van der Waals surface area contributed by atoms with Crippen LogP contribution in [0.25, 0.3) is 10.2 Å². The van der Waals surface area contributed by atoms with Crippen LogP contribution < -0.4 is 20.6 Å². The van der Waals surface area contributed by atoms with E-state index in [2.05, 4.69) is 15.2 Å². The van der Waals surface area contributed by atoms with Crippen molar-refractivity contribution in [3.8, 4) is 0 Å². The number of ether oxygens (including phenoxy) is 1. The lowest BCUT2D eigenvalue weighted by molar-refractivity contribution is -0.759. The molecule has 0 radical (unpaired) electrons. The Hall–Kier alpha value is -2.72. The molecule has 0 spiro atoms. The Balaban J connectivity index is 1.63. The van der Waals surface area contributed by atoms with Crippen molar-refractivity contribution in [1.82, 2.24) is 10.3 Å². The molecule has 0 saturated carbocycles. The maximum atomic E-state index is 12.5. The van der Waals surface area contributed by atoms with Gasteiger partial charge in [0.1, 0.15) is 4.83 Å². The molecule has 0 aliphatic carbocycles. The molecule has 1 aliphatic rings. The van der Waals surface area contributed by atoms with E-state index >= 15 is 0 Å². The van der Waals surface area contributed by atoms with Crippen molar-refractivity contribution in [3.63, 3.8) is 0 Å². The second-order valence-electron chi connectivity index (χ2n) is 5.59. The molecule has 1 aliphatic heterocycles. The van der Waals surface area contributed by atoms with Crippen molar-refractivity contribution in [3.05, 3.63) is 28.9 Å². The SMILES string of the molecule is Cc1ccc2c(N)c(/C([O-])=N/c3c[n+](N4CCOCC4)no3)sc2n1. The zero-order chi connectivity index (χ0) is 17.4. The van der Waals surface area contributed by atoms with Crippen molar-refractivity contribution >= 4 is 39.0 Å².